The van der Waals surface area contributed by atoms with E-state index >= 15 is 0 Å². The van der Waals surface area contributed by atoms with Crippen molar-refractivity contribution in [1.82, 2.24) is 19.5 Å². The summed E-state index contributed by atoms with van der Waals surface area (Å²) >= 11 is 5.87. The third kappa shape index (κ3) is 3.44. The van der Waals surface area contributed by atoms with E-state index in [-0.39, 0.29) is 0 Å². The Labute approximate surface area is 160 Å². The predicted molar refractivity (Wildman–Crippen MR) is 102 cm³/mol. The Morgan fingerprint density at radius 3 is 2.81 bits per heavy atom. The van der Waals surface area contributed by atoms with Crippen molar-refractivity contribution in [2.24, 2.45) is 5.73 Å². The van der Waals surface area contributed by atoms with Gasteiger partial charge in [0.2, 0.25) is 5.95 Å². The number of nitrogens with two attached hydrogens (primary N) is 1. The van der Waals surface area contributed by atoms with Crippen molar-refractivity contribution < 1.29 is 4.39 Å². The van der Waals surface area contributed by atoms with Crippen LogP contribution in [0, 0.1) is 6.57 Å². The molecule has 0 unspecified atom stereocenters. The van der Waals surface area contributed by atoms with Crippen LogP contribution in [0.3, 0.4) is 0 Å². The number of hydrogen-bond acceptors (Lipinski definition) is 5. The highest BCUT2D eigenvalue weighted by atomic mass is 35.5. The highest BCUT2D eigenvalue weighted by Crippen LogP contribution is 2.29. The summed E-state index contributed by atoms with van der Waals surface area (Å²) in [5, 5.41) is 0.465. The minimum absolute atomic E-state index is 0.356. The first-order chi connectivity index (χ1) is 13.0. The Balaban J connectivity index is 1.78. The minimum Gasteiger partial charge on any atom is -0.340 e. The Morgan fingerprint density at radius 1 is 1.33 bits per heavy atom. The summed E-state index contributed by atoms with van der Waals surface area (Å²) in [6, 6.07) is 4.79. The maximum Gasteiger partial charge on any atom is 0.206 e. The number of hydrogen-bond donors (Lipinski definition) is 1. The number of alkyl halides is 1. The van der Waals surface area contributed by atoms with Crippen molar-refractivity contribution >= 4 is 34.3 Å². The van der Waals surface area contributed by atoms with Crippen molar-refractivity contribution in [3.05, 3.63) is 52.9 Å². The molecule has 0 spiro atoms. The lowest BCUT2D eigenvalue weighted by molar-refractivity contribution is 0.243. The number of aromatic nitrogens is 4. The number of imidazole rings is 1. The molecule has 0 aliphatic carbocycles. The van der Waals surface area contributed by atoms with Crippen molar-refractivity contribution in [3.63, 3.8) is 0 Å². The Kier molecular flexibility index (Phi) is 4.64. The summed E-state index contributed by atoms with van der Waals surface area (Å²) in [7, 11) is 0. The fourth-order valence-corrected chi connectivity index (χ4v) is 3.37. The molecule has 4 rings (SSSR count). The molecule has 7 nitrogen and oxygen atoms in total. The van der Waals surface area contributed by atoms with Crippen LogP contribution in [0.2, 0.25) is 5.02 Å². The molecule has 3 heterocycles. The first-order valence-corrected chi connectivity index (χ1v) is 8.91. The largest absolute Gasteiger partial charge is 0.340 e. The lowest BCUT2D eigenvalue weighted by Crippen LogP contribution is -2.50. The normalized spacial score (nSPS) is 20.0. The molecule has 0 bridgehead atoms. The van der Waals surface area contributed by atoms with Crippen molar-refractivity contribution in [3.8, 4) is 0 Å². The number of anilines is 1. The van der Waals surface area contributed by atoms with E-state index in [0.717, 1.165) is 5.52 Å². The van der Waals surface area contributed by atoms with Crippen molar-refractivity contribution in [1.29, 1.82) is 0 Å². The van der Waals surface area contributed by atoms with E-state index in [2.05, 4.69) is 14.8 Å². The van der Waals surface area contributed by atoms with Crippen LogP contribution in [0.5, 0.6) is 0 Å². The summed E-state index contributed by atoms with van der Waals surface area (Å²) in [4.78, 5) is 18.7. The van der Waals surface area contributed by atoms with Crippen LogP contribution >= 0.6 is 11.6 Å². The van der Waals surface area contributed by atoms with E-state index in [9.17, 15) is 4.39 Å². The first kappa shape index (κ1) is 17.6. The van der Waals surface area contributed by atoms with Gasteiger partial charge in [-0.1, -0.05) is 17.7 Å². The van der Waals surface area contributed by atoms with Gasteiger partial charge in [0, 0.05) is 25.5 Å². The molecule has 3 aromatic rings. The van der Waals surface area contributed by atoms with Gasteiger partial charge in [-0.3, -0.25) is 0 Å². The van der Waals surface area contributed by atoms with Crippen LogP contribution in [0.4, 0.5) is 16.0 Å². The van der Waals surface area contributed by atoms with Crippen LogP contribution in [0.1, 0.15) is 12.2 Å². The number of piperidine rings is 1. The molecule has 0 saturated carbocycles. The van der Waals surface area contributed by atoms with Gasteiger partial charge in [-0.15, -0.1) is 0 Å². The summed E-state index contributed by atoms with van der Waals surface area (Å²) in [6.45, 7) is 8.49. The van der Waals surface area contributed by atoms with E-state index in [0.29, 0.717) is 54.1 Å². The monoisotopic (exact) mass is 385 g/mol. The minimum atomic E-state index is -1.01. The lowest BCUT2D eigenvalue weighted by Gasteiger charge is -2.34. The zero-order valence-corrected chi connectivity index (χ0v) is 15.1. The molecule has 2 aromatic heterocycles. The highest BCUT2D eigenvalue weighted by molar-refractivity contribution is 6.30. The zero-order chi connectivity index (χ0) is 19.0. The van der Waals surface area contributed by atoms with Gasteiger partial charge in [0.15, 0.2) is 5.69 Å². The summed E-state index contributed by atoms with van der Waals surface area (Å²) in [5.74, 6) is 1.26. The third-order valence-electron chi connectivity index (χ3n) is 4.67. The van der Waals surface area contributed by atoms with Crippen molar-refractivity contribution in [2.75, 3.05) is 18.0 Å². The summed E-state index contributed by atoms with van der Waals surface area (Å²) in [6.07, 6.45) is 2.44. The highest BCUT2D eigenvalue weighted by Gasteiger charge is 2.29. The van der Waals surface area contributed by atoms with Gasteiger partial charge in [0.25, 0.3) is 0 Å². The zero-order valence-electron chi connectivity index (χ0n) is 14.4. The summed E-state index contributed by atoms with van der Waals surface area (Å²) in [5.41, 5.74) is 8.00. The van der Waals surface area contributed by atoms with E-state index in [1.54, 1.807) is 24.5 Å². The molecule has 2 N–H and O–H groups in total. The molecule has 1 aliphatic rings. The topological polar surface area (TPSA) is 77.2 Å². The molecule has 1 fully saturated rings. The van der Waals surface area contributed by atoms with Gasteiger partial charge in [-0.2, -0.15) is 0 Å². The van der Waals surface area contributed by atoms with Gasteiger partial charge in [-0.25, -0.2) is 24.2 Å². The maximum absolute atomic E-state index is 13.8. The van der Waals surface area contributed by atoms with E-state index in [1.807, 2.05) is 15.5 Å². The average Bonchev–Trinajstić information content (AvgIpc) is 3.03. The quantitative estimate of drug-likeness (QED) is 0.701. The second kappa shape index (κ2) is 7.10. The fourth-order valence-electron chi connectivity index (χ4n) is 3.27. The number of rotatable bonds is 3. The SMILES string of the molecule is [C-]#[N+]c1ccc2c(c1)nc(N1CC[C@@H](F)[C@H](N)C1)n2Cc1ncc(Cl)cn1. The average molecular weight is 386 g/mol. The molecule has 0 amide bonds. The standard InChI is InChI=1S/C18H17ClFN7/c1-22-12-2-3-16-15(6-12)25-18(26-5-4-13(20)14(21)9-26)27(16)10-17-23-7-11(19)8-24-17/h2-3,6-8,13-14H,4-5,9-10,21H2/t13-,14-/m1/s1. The maximum atomic E-state index is 13.8. The molecular weight excluding hydrogens is 369 g/mol. The van der Waals surface area contributed by atoms with Gasteiger partial charge in [0.05, 0.1) is 35.2 Å². The smallest absolute Gasteiger partial charge is 0.206 e. The Morgan fingerprint density at radius 2 is 2.11 bits per heavy atom. The van der Waals surface area contributed by atoms with E-state index in [4.69, 9.17) is 28.9 Å². The predicted octanol–water partition coefficient (Wildman–Crippen LogP) is 2.95. The molecule has 27 heavy (non-hydrogen) atoms. The molecule has 2 atom stereocenters. The van der Waals surface area contributed by atoms with Gasteiger partial charge >= 0.3 is 0 Å². The Hall–Kier alpha value is -2.76. The molecule has 9 heteroatoms. The molecule has 0 radical (unpaired) electrons. The van der Waals surface area contributed by atoms with Crippen LogP contribution in [0.25, 0.3) is 15.9 Å². The molecular formula is C18H17ClFN7. The van der Waals surface area contributed by atoms with Gasteiger partial charge < -0.3 is 15.2 Å². The van der Waals surface area contributed by atoms with Crippen LogP contribution in [-0.4, -0.2) is 44.8 Å². The second-order valence-electron chi connectivity index (χ2n) is 6.51. The van der Waals surface area contributed by atoms with Gasteiger partial charge in [0.1, 0.15) is 12.0 Å². The van der Waals surface area contributed by atoms with Crippen LogP contribution in [-0.2, 0) is 6.54 Å². The first-order valence-electron chi connectivity index (χ1n) is 8.54. The number of halogens is 2. The molecule has 1 saturated heterocycles. The molecule has 1 aliphatic heterocycles. The van der Waals surface area contributed by atoms with Gasteiger partial charge in [-0.05, 0) is 18.6 Å². The van der Waals surface area contributed by atoms with Crippen LogP contribution in [0.15, 0.2) is 30.6 Å². The summed E-state index contributed by atoms with van der Waals surface area (Å²) < 4.78 is 15.8. The Bertz CT molecular complexity index is 1010. The van der Waals surface area contributed by atoms with Crippen molar-refractivity contribution in [2.45, 2.75) is 25.2 Å². The lowest BCUT2D eigenvalue weighted by atomic mass is 10.1. The van der Waals surface area contributed by atoms with E-state index < -0.39 is 12.2 Å². The number of benzene rings is 1. The van der Waals surface area contributed by atoms with E-state index in [1.165, 1.54) is 0 Å². The second-order valence-corrected chi connectivity index (χ2v) is 6.95. The fraction of sp³-hybridized carbons (Fsp3) is 0.333. The number of fused-ring (bicyclic) bond motifs is 1. The van der Waals surface area contributed by atoms with Crippen LogP contribution < -0.4 is 10.6 Å². The molecule has 138 valence electrons. The molecule has 1 aromatic carbocycles. The number of nitrogens with zero attached hydrogens (tertiary/aromatic N) is 6. The third-order valence-corrected chi connectivity index (χ3v) is 4.86.